The Kier molecular flexibility index (Phi) is 8.26. The van der Waals surface area contributed by atoms with Crippen LogP contribution in [0.3, 0.4) is 0 Å². The Morgan fingerprint density at radius 3 is 2.29 bits per heavy atom. The lowest BCUT2D eigenvalue weighted by molar-refractivity contribution is -0.140. The SMILES string of the molecule is C=C(CC)CCC1(CCC2CCC(c3ccc(C(F)(F)F)c(F)c3)CC2)CCCCC1. The number of hydrogen-bond donors (Lipinski definition) is 0. The third-order valence-electron chi connectivity index (χ3n) is 8.12. The highest BCUT2D eigenvalue weighted by molar-refractivity contribution is 5.29. The summed E-state index contributed by atoms with van der Waals surface area (Å²) in [5.74, 6) is -0.256. The van der Waals surface area contributed by atoms with Crippen molar-refractivity contribution in [2.75, 3.05) is 0 Å². The second-order valence-electron chi connectivity index (χ2n) is 10.2. The number of benzene rings is 1. The zero-order chi connectivity index (χ0) is 22.5. The standard InChI is InChI=1S/C27H38F4/c1-3-20(2)13-17-26(15-5-4-6-16-26)18-14-21-7-9-22(10-8-21)23-11-12-24(25(28)19-23)27(29,30)31/h11-12,19,21-22H,2-10,13-18H2,1H3. The van der Waals surface area contributed by atoms with Crippen molar-refractivity contribution in [2.24, 2.45) is 11.3 Å². The Morgan fingerprint density at radius 2 is 1.71 bits per heavy atom. The molecule has 2 aliphatic carbocycles. The zero-order valence-corrected chi connectivity index (χ0v) is 19.0. The van der Waals surface area contributed by atoms with E-state index in [0.717, 1.165) is 56.2 Å². The first-order valence-corrected chi connectivity index (χ1v) is 12.3. The third-order valence-corrected chi connectivity index (χ3v) is 8.12. The first-order chi connectivity index (χ1) is 14.7. The fraction of sp³-hybridized carbons (Fsp3) is 0.704. The van der Waals surface area contributed by atoms with Gasteiger partial charge in [-0.15, -0.1) is 0 Å². The van der Waals surface area contributed by atoms with Crippen LogP contribution in [-0.2, 0) is 6.18 Å². The highest BCUT2D eigenvalue weighted by atomic mass is 19.4. The molecule has 2 saturated carbocycles. The van der Waals surface area contributed by atoms with Gasteiger partial charge in [-0.05, 0) is 106 Å². The van der Waals surface area contributed by atoms with Gasteiger partial charge in [0.25, 0.3) is 0 Å². The second-order valence-corrected chi connectivity index (χ2v) is 10.2. The van der Waals surface area contributed by atoms with Crippen LogP contribution in [0.1, 0.15) is 114 Å². The quantitative estimate of drug-likeness (QED) is 0.280. The van der Waals surface area contributed by atoms with E-state index in [0.29, 0.717) is 11.3 Å². The minimum atomic E-state index is -4.63. The first kappa shape index (κ1) is 24.3. The summed E-state index contributed by atoms with van der Waals surface area (Å²) < 4.78 is 52.4. The predicted octanol–water partition coefficient (Wildman–Crippen LogP) is 9.60. The van der Waals surface area contributed by atoms with Crippen LogP contribution in [0.25, 0.3) is 0 Å². The Morgan fingerprint density at radius 1 is 1.03 bits per heavy atom. The molecule has 0 unspecified atom stereocenters. The van der Waals surface area contributed by atoms with Crippen LogP contribution in [0.4, 0.5) is 17.6 Å². The van der Waals surface area contributed by atoms with E-state index in [1.807, 2.05) is 0 Å². The average Bonchev–Trinajstić information content (AvgIpc) is 2.76. The van der Waals surface area contributed by atoms with Crippen LogP contribution < -0.4 is 0 Å². The molecule has 0 heterocycles. The molecule has 0 spiro atoms. The molecule has 2 fully saturated rings. The predicted molar refractivity (Wildman–Crippen MR) is 120 cm³/mol. The van der Waals surface area contributed by atoms with E-state index < -0.39 is 17.6 Å². The normalized spacial score (nSPS) is 24.2. The summed E-state index contributed by atoms with van der Waals surface area (Å²) in [5, 5.41) is 0. The molecular formula is C27H38F4. The summed E-state index contributed by atoms with van der Waals surface area (Å²) in [6.45, 7) is 6.40. The molecule has 0 N–H and O–H groups in total. The van der Waals surface area contributed by atoms with E-state index in [2.05, 4.69) is 13.5 Å². The van der Waals surface area contributed by atoms with E-state index >= 15 is 0 Å². The van der Waals surface area contributed by atoms with Crippen molar-refractivity contribution >= 4 is 0 Å². The van der Waals surface area contributed by atoms with Crippen LogP contribution in [0.5, 0.6) is 0 Å². The number of halogens is 4. The van der Waals surface area contributed by atoms with E-state index in [9.17, 15) is 17.6 Å². The van der Waals surface area contributed by atoms with Crippen molar-refractivity contribution in [3.63, 3.8) is 0 Å². The summed E-state index contributed by atoms with van der Waals surface area (Å²) in [4.78, 5) is 0. The summed E-state index contributed by atoms with van der Waals surface area (Å²) in [6, 6.07) is 3.51. The molecule has 0 saturated heterocycles. The molecule has 0 radical (unpaired) electrons. The molecule has 174 valence electrons. The molecule has 3 rings (SSSR count). The summed E-state index contributed by atoms with van der Waals surface area (Å²) in [7, 11) is 0. The molecule has 1 aromatic carbocycles. The Balaban J connectivity index is 1.52. The maximum Gasteiger partial charge on any atom is 0.419 e. The Labute approximate surface area is 185 Å². The maximum absolute atomic E-state index is 14.0. The lowest BCUT2D eigenvalue weighted by Gasteiger charge is -2.40. The van der Waals surface area contributed by atoms with Gasteiger partial charge in [0.05, 0.1) is 5.56 Å². The highest BCUT2D eigenvalue weighted by Crippen LogP contribution is 2.47. The van der Waals surface area contributed by atoms with Gasteiger partial charge >= 0.3 is 6.18 Å². The Bertz CT molecular complexity index is 719. The van der Waals surface area contributed by atoms with Crippen molar-refractivity contribution < 1.29 is 17.6 Å². The van der Waals surface area contributed by atoms with Gasteiger partial charge in [-0.1, -0.05) is 44.4 Å². The van der Waals surface area contributed by atoms with Crippen molar-refractivity contribution in [1.82, 2.24) is 0 Å². The number of allylic oxidation sites excluding steroid dienone is 1. The fourth-order valence-electron chi connectivity index (χ4n) is 5.86. The number of rotatable bonds is 8. The van der Waals surface area contributed by atoms with Crippen molar-refractivity contribution in [1.29, 1.82) is 0 Å². The first-order valence-electron chi connectivity index (χ1n) is 12.3. The van der Waals surface area contributed by atoms with Crippen LogP contribution in [0, 0.1) is 17.2 Å². The molecule has 0 aromatic heterocycles. The minimum absolute atomic E-state index is 0.185. The van der Waals surface area contributed by atoms with Gasteiger partial charge in [0.2, 0.25) is 0 Å². The smallest absolute Gasteiger partial charge is 0.206 e. The molecule has 4 heteroatoms. The van der Waals surface area contributed by atoms with Crippen LogP contribution in [0.15, 0.2) is 30.4 Å². The molecule has 2 aliphatic rings. The second kappa shape index (κ2) is 10.5. The molecule has 0 bridgehead atoms. The van der Waals surface area contributed by atoms with Gasteiger partial charge < -0.3 is 0 Å². The topological polar surface area (TPSA) is 0 Å². The molecule has 0 nitrogen and oxygen atoms in total. The van der Waals surface area contributed by atoms with Crippen LogP contribution in [-0.4, -0.2) is 0 Å². The lowest BCUT2D eigenvalue weighted by atomic mass is 9.66. The molecule has 0 amide bonds. The molecule has 31 heavy (non-hydrogen) atoms. The van der Waals surface area contributed by atoms with Gasteiger partial charge in [-0.3, -0.25) is 0 Å². The van der Waals surface area contributed by atoms with Crippen LogP contribution >= 0.6 is 0 Å². The summed E-state index contributed by atoms with van der Waals surface area (Å²) in [6.07, 6.45) is 12.3. The van der Waals surface area contributed by atoms with E-state index in [-0.39, 0.29) is 5.92 Å². The van der Waals surface area contributed by atoms with Gasteiger partial charge in [0.1, 0.15) is 5.82 Å². The van der Waals surface area contributed by atoms with Crippen molar-refractivity contribution in [3.05, 3.63) is 47.3 Å². The van der Waals surface area contributed by atoms with Gasteiger partial charge in [-0.2, -0.15) is 13.2 Å². The maximum atomic E-state index is 14.0. The largest absolute Gasteiger partial charge is 0.419 e. The zero-order valence-electron chi connectivity index (χ0n) is 19.0. The third kappa shape index (κ3) is 6.58. The van der Waals surface area contributed by atoms with Gasteiger partial charge in [-0.25, -0.2) is 4.39 Å². The highest BCUT2D eigenvalue weighted by Gasteiger charge is 2.35. The lowest BCUT2D eigenvalue weighted by Crippen LogP contribution is -2.26. The molecule has 0 atom stereocenters. The van der Waals surface area contributed by atoms with E-state index in [4.69, 9.17) is 0 Å². The number of alkyl halides is 3. The molecule has 1 aromatic rings. The van der Waals surface area contributed by atoms with E-state index in [1.54, 1.807) is 0 Å². The molecular weight excluding hydrogens is 400 g/mol. The average molecular weight is 439 g/mol. The Hall–Kier alpha value is -1.32. The summed E-state index contributed by atoms with van der Waals surface area (Å²) >= 11 is 0. The monoisotopic (exact) mass is 438 g/mol. The minimum Gasteiger partial charge on any atom is -0.206 e. The van der Waals surface area contributed by atoms with Gasteiger partial charge in [0.15, 0.2) is 0 Å². The number of hydrogen-bond acceptors (Lipinski definition) is 0. The summed E-state index contributed by atoms with van der Waals surface area (Å²) in [5.41, 5.74) is 1.43. The fourth-order valence-corrected chi connectivity index (χ4v) is 5.86. The van der Waals surface area contributed by atoms with Crippen LogP contribution in [0.2, 0.25) is 0 Å². The molecule has 0 aliphatic heterocycles. The van der Waals surface area contributed by atoms with Crippen molar-refractivity contribution in [3.8, 4) is 0 Å². The van der Waals surface area contributed by atoms with Crippen molar-refractivity contribution in [2.45, 2.75) is 109 Å². The van der Waals surface area contributed by atoms with E-state index in [1.165, 1.54) is 63.0 Å². The van der Waals surface area contributed by atoms with Gasteiger partial charge in [0, 0.05) is 0 Å².